The SMILES string of the molecule is CCC(=O)[C@H](C)NC(=O)CCCCC(=O)C(C)C. The molecular weight excluding hydrogens is 230 g/mol. The maximum atomic E-state index is 11.5. The Bertz CT molecular complexity index is 297. The summed E-state index contributed by atoms with van der Waals surface area (Å²) in [5.41, 5.74) is 0. The van der Waals surface area contributed by atoms with Crippen LogP contribution in [0, 0.1) is 5.92 Å². The summed E-state index contributed by atoms with van der Waals surface area (Å²) < 4.78 is 0. The van der Waals surface area contributed by atoms with Gasteiger partial charge in [0.25, 0.3) is 0 Å². The summed E-state index contributed by atoms with van der Waals surface area (Å²) in [6.07, 6.45) is 2.78. The number of nitrogens with one attached hydrogen (secondary N) is 1. The standard InChI is InChI=1S/C14H25NO3/c1-5-12(16)11(4)15-14(18)9-7-6-8-13(17)10(2)3/h10-11H,5-9H2,1-4H3,(H,15,18)/t11-/m0/s1. The Kier molecular flexibility index (Phi) is 8.25. The molecule has 0 rings (SSSR count). The van der Waals surface area contributed by atoms with Crippen molar-refractivity contribution in [1.29, 1.82) is 0 Å². The first-order valence-corrected chi connectivity index (χ1v) is 6.73. The first-order chi connectivity index (χ1) is 8.38. The zero-order valence-corrected chi connectivity index (χ0v) is 11.9. The summed E-state index contributed by atoms with van der Waals surface area (Å²) in [7, 11) is 0. The Hall–Kier alpha value is -1.19. The van der Waals surface area contributed by atoms with Crippen LogP contribution in [0.5, 0.6) is 0 Å². The number of Topliss-reactive ketones (excluding diaryl/α,β-unsaturated/α-hetero) is 2. The summed E-state index contributed by atoms with van der Waals surface area (Å²) in [4.78, 5) is 34.1. The van der Waals surface area contributed by atoms with E-state index in [2.05, 4.69) is 5.32 Å². The lowest BCUT2D eigenvalue weighted by Gasteiger charge is -2.11. The van der Waals surface area contributed by atoms with Crippen molar-refractivity contribution in [3.05, 3.63) is 0 Å². The molecule has 0 aliphatic carbocycles. The molecule has 4 nitrogen and oxygen atoms in total. The number of rotatable bonds is 9. The van der Waals surface area contributed by atoms with Gasteiger partial charge in [0, 0.05) is 25.2 Å². The molecular formula is C14H25NO3. The molecule has 1 N–H and O–H groups in total. The third kappa shape index (κ3) is 7.20. The van der Waals surface area contributed by atoms with Crippen LogP contribution < -0.4 is 5.32 Å². The van der Waals surface area contributed by atoms with E-state index in [-0.39, 0.29) is 23.4 Å². The number of carbonyl (C=O) groups is 3. The van der Waals surface area contributed by atoms with Crippen molar-refractivity contribution in [2.45, 2.75) is 65.8 Å². The average molecular weight is 255 g/mol. The molecule has 0 aromatic rings. The van der Waals surface area contributed by atoms with Crippen LogP contribution in [0.4, 0.5) is 0 Å². The van der Waals surface area contributed by atoms with E-state index in [0.29, 0.717) is 25.7 Å². The molecule has 0 unspecified atom stereocenters. The molecule has 104 valence electrons. The Morgan fingerprint density at radius 2 is 1.50 bits per heavy atom. The van der Waals surface area contributed by atoms with Gasteiger partial charge < -0.3 is 5.32 Å². The van der Waals surface area contributed by atoms with Gasteiger partial charge in [-0.2, -0.15) is 0 Å². The van der Waals surface area contributed by atoms with E-state index in [1.54, 1.807) is 13.8 Å². The van der Waals surface area contributed by atoms with Crippen LogP contribution >= 0.6 is 0 Å². The van der Waals surface area contributed by atoms with Gasteiger partial charge in [-0.05, 0) is 19.8 Å². The molecule has 0 fully saturated rings. The number of ketones is 2. The lowest BCUT2D eigenvalue weighted by molar-refractivity contribution is -0.127. The van der Waals surface area contributed by atoms with E-state index in [0.717, 1.165) is 6.42 Å². The van der Waals surface area contributed by atoms with Crippen LogP contribution in [0.25, 0.3) is 0 Å². The summed E-state index contributed by atoms with van der Waals surface area (Å²) in [5, 5.41) is 2.67. The molecule has 0 heterocycles. The van der Waals surface area contributed by atoms with Crippen molar-refractivity contribution in [2.75, 3.05) is 0 Å². The van der Waals surface area contributed by atoms with Crippen LogP contribution in [0.1, 0.15) is 59.8 Å². The fourth-order valence-corrected chi connectivity index (χ4v) is 1.57. The van der Waals surface area contributed by atoms with Gasteiger partial charge in [-0.3, -0.25) is 14.4 Å². The Morgan fingerprint density at radius 1 is 0.944 bits per heavy atom. The second-order valence-corrected chi connectivity index (χ2v) is 4.94. The first-order valence-electron chi connectivity index (χ1n) is 6.73. The molecule has 4 heteroatoms. The Labute approximate surface area is 110 Å². The number of amides is 1. The number of hydrogen-bond donors (Lipinski definition) is 1. The number of unbranched alkanes of at least 4 members (excludes halogenated alkanes) is 1. The van der Waals surface area contributed by atoms with Gasteiger partial charge in [0.05, 0.1) is 6.04 Å². The maximum absolute atomic E-state index is 11.5. The largest absolute Gasteiger partial charge is 0.347 e. The summed E-state index contributed by atoms with van der Waals surface area (Å²) >= 11 is 0. The molecule has 0 aromatic carbocycles. The van der Waals surface area contributed by atoms with Crippen molar-refractivity contribution in [2.24, 2.45) is 5.92 Å². The van der Waals surface area contributed by atoms with Crippen molar-refractivity contribution >= 4 is 17.5 Å². The predicted octanol–water partition coefficient (Wildman–Crippen LogP) is 2.26. The minimum atomic E-state index is -0.403. The molecule has 0 saturated carbocycles. The van der Waals surface area contributed by atoms with Crippen molar-refractivity contribution < 1.29 is 14.4 Å². The van der Waals surface area contributed by atoms with Gasteiger partial charge in [0.15, 0.2) is 5.78 Å². The molecule has 0 spiro atoms. The van der Waals surface area contributed by atoms with E-state index < -0.39 is 6.04 Å². The van der Waals surface area contributed by atoms with Gasteiger partial charge in [0.2, 0.25) is 5.91 Å². The van der Waals surface area contributed by atoms with Crippen LogP contribution in [-0.4, -0.2) is 23.5 Å². The van der Waals surface area contributed by atoms with E-state index in [4.69, 9.17) is 0 Å². The highest BCUT2D eigenvalue weighted by Gasteiger charge is 2.13. The minimum absolute atomic E-state index is 0.0401. The smallest absolute Gasteiger partial charge is 0.220 e. The van der Waals surface area contributed by atoms with Gasteiger partial charge in [-0.1, -0.05) is 20.8 Å². The van der Waals surface area contributed by atoms with E-state index in [9.17, 15) is 14.4 Å². The van der Waals surface area contributed by atoms with E-state index in [1.165, 1.54) is 0 Å². The third-order valence-electron chi connectivity index (χ3n) is 2.93. The van der Waals surface area contributed by atoms with Gasteiger partial charge in [-0.25, -0.2) is 0 Å². The van der Waals surface area contributed by atoms with Crippen LogP contribution in [0.2, 0.25) is 0 Å². The van der Waals surface area contributed by atoms with Crippen molar-refractivity contribution in [1.82, 2.24) is 5.32 Å². The van der Waals surface area contributed by atoms with E-state index in [1.807, 2.05) is 13.8 Å². The Balaban J connectivity index is 3.72. The number of carbonyl (C=O) groups excluding carboxylic acids is 3. The first kappa shape index (κ1) is 16.8. The molecule has 18 heavy (non-hydrogen) atoms. The molecule has 0 radical (unpaired) electrons. The summed E-state index contributed by atoms with van der Waals surface area (Å²) in [6.45, 7) is 7.24. The molecule has 0 bridgehead atoms. The minimum Gasteiger partial charge on any atom is -0.347 e. The highest BCUT2D eigenvalue weighted by molar-refractivity contribution is 5.88. The molecule has 0 aromatic heterocycles. The van der Waals surface area contributed by atoms with Gasteiger partial charge >= 0.3 is 0 Å². The lowest BCUT2D eigenvalue weighted by Crippen LogP contribution is -2.38. The third-order valence-corrected chi connectivity index (χ3v) is 2.93. The molecule has 1 amide bonds. The highest BCUT2D eigenvalue weighted by Crippen LogP contribution is 2.06. The Morgan fingerprint density at radius 3 is 2.00 bits per heavy atom. The monoisotopic (exact) mass is 255 g/mol. The average Bonchev–Trinajstić information content (AvgIpc) is 2.32. The predicted molar refractivity (Wildman–Crippen MR) is 71.2 cm³/mol. The van der Waals surface area contributed by atoms with E-state index >= 15 is 0 Å². The maximum Gasteiger partial charge on any atom is 0.220 e. The zero-order chi connectivity index (χ0) is 14.1. The zero-order valence-electron chi connectivity index (χ0n) is 11.9. The fourth-order valence-electron chi connectivity index (χ4n) is 1.57. The second kappa shape index (κ2) is 8.84. The quantitative estimate of drug-likeness (QED) is 0.643. The van der Waals surface area contributed by atoms with Crippen LogP contribution in [0.3, 0.4) is 0 Å². The van der Waals surface area contributed by atoms with Crippen molar-refractivity contribution in [3.8, 4) is 0 Å². The molecule has 1 atom stereocenters. The molecule has 0 aliphatic heterocycles. The van der Waals surface area contributed by atoms with Crippen molar-refractivity contribution in [3.63, 3.8) is 0 Å². The van der Waals surface area contributed by atoms with Crippen LogP contribution in [0.15, 0.2) is 0 Å². The number of hydrogen-bond acceptors (Lipinski definition) is 3. The normalized spacial score (nSPS) is 12.3. The van der Waals surface area contributed by atoms with Crippen LogP contribution in [-0.2, 0) is 14.4 Å². The molecule has 0 saturated heterocycles. The highest BCUT2D eigenvalue weighted by atomic mass is 16.2. The topological polar surface area (TPSA) is 63.2 Å². The second-order valence-electron chi connectivity index (χ2n) is 4.94. The molecule has 0 aliphatic rings. The van der Waals surface area contributed by atoms with Gasteiger partial charge in [0.1, 0.15) is 5.78 Å². The summed E-state index contributed by atoms with van der Waals surface area (Å²) in [5.74, 6) is 0.241. The lowest BCUT2D eigenvalue weighted by atomic mass is 10.0. The van der Waals surface area contributed by atoms with Gasteiger partial charge in [-0.15, -0.1) is 0 Å². The summed E-state index contributed by atoms with van der Waals surface area (Å²) in [6, 6.07) is -0.403. The fraction of sp³-hybridized carbons (Fsp3) is 0.786.